The number of carboxylic acids is 1. The fourth-order valence-electron chi connectivity index (χ4n) is 3.14. The molecule has 0 aliphatic heterocycles. The molecule has 0 spiro atoms. The molecular weight excluding hydrogens is 300 g/mol. The molecule has 1 N–H and O–H groups in total. The summed E-state index contributed by atoms with van der Waals surface area (Å²) < 4.78 is 17.9. The second-order valence-corrected chi connectivity index (χ2v) is 7.70. The maximum Gasteiger partial charge on any atom is 0.336 e. The van der Waals surface area contributed by atoms with Crippen LogP contribution in [0.5, 0.6) is 0 Å². The number of aromatic carboxylic acids is 1. The van der Waals surface area contributed by atoms with Crippen molar-refractivity contribution in [1.29, 1.82) is 0 Å². The van der Waals surface area contributed by atoms with Crippen molar-refractivity contribution in [3.8, 4) is 0 Å². The number of hydrogen-bond donors (Lipinski definition) is 1. The monoisotopic (exact) mass is 322 g/mol. The minimum absolute atomic E-state index is 0.271. The minimum atomic E-state index is -1.19. The summed E-state index contributed by atoms with van der Waals surface area (Å²) in [6, 6.07) is 3.62. The maximum atomic E-state index is 12.8. The summed E-state index contributed by atoms with van der Waals surface area (Å²) in [5.74, 6) is 0.237. The van der Waals surface area contributed by atoms with Crippen LogP contribution >= 0.6 is 0 Å². The molecule has 2 aliphatic rings. The SMILES string of the molecule is COCC[S@@](=O)c1c(C2CCC2)ccc(C(=O)O)c1C1CC1. The third-order valence-electron chi connectivity index (χ3n) is 4.69. The number of hydrogen-bond acceptors (Lipinski definition) is 3. The Hall–Kier alpha value is -1.20. The van der Waals surface area contributed by atoms with E-state index in [2.05, 4.69) is 0 Å². The van der Waals surface area contributed by atoms with E-state index in [1.807, 2.05) is 6.07 Å². The lowest BCUT2D eigenvalue weighted by molar-refractivity contribution is 0.0695. The highest BCUT2D eigenvalue weighted by Crippen LogP contribution is 2.48. The van der Waals surface area contributed by atoms with E-state index < -0.39 is 16.8 Å². The zero-order valence-corrected chi connectivity index (χ0v) is 13.7. The Bertz CT molecular complexity index is 603. The molecule has 0 bridgehead atoms. The fraction of sp³-hybridized carbons (Fsp3) is 0.588. The topological polar surface area (TPSA) is 63.6 Å². The Balaban J connectivity index is 2.09. The predicted octanol–water partition coefficient (Wildman–Crippen LogP) is 3.28. The van der Waals surface area contributed by atoms with Crippen molar-refractivity contribution in [2.75, 3.05) is 19.5 Å². The van der Waals surface area contributed by atoms with Crippen molar-refractivity contribution in [3.63, 3.8) is 0 Å². The molecule has 2 fully saturated rings. The third-order valence-corrected chi connectivity index (χ3v) is 6.14. The normalized spacial score (nSPS) is 19.7. The largest absolute Gasteiger partial charge is 0.478 e. The lowest BCUT2D eigenvalue weighted by Crippen LogP contribution is -2.18. The van der Waals surface area contributed by atoms with Crippen LogP contribution in [0.4, 0.5) is 0 Å². The van der Waals surface area contributed by atoms with Gasteiger partial charge < -0.3 is 9.84 Å². The van der Waals surface area contributed by atoms with E-state index in [1.54, 1.807) is 13.2 Å². The Morgan fingerprint density at radius 2 is 2.00 bits per heavy atom. The van der Waals surface area contributed by atoms with E-state index in [-0.39, 0.29) is 5.92 Å². The maximum absolute atomic E-state index is 12.8. The molecule has 0 aromatic heterocycles. The van der Waals surface area contributed by atoms with Crippen LogP contribution in [0.1, 0.15) is 65.4 Å². The number of methoxy groups -OCH3 is 1. The van der Waals surface area contributed by atoms with E-state index >= 15 is 0 Å². The van der Waals surface area contributed by atoms with Crippen LogP contribution in [0.25, 0.3) is 0 Å². The first-order valence-electron chi connectivity index (χ1n) is 7.91. The average molecular weight is 322 g/mol. The molecule has 0 heterocycles. The number of benzene rings is 1. The summed E-state index contributed by atoms with van der Waals surface area (Å²) >= 11 is 0. The first-order valence-corrected chi connectivity index (χ1v) is 9.22. The van der Waals surface area contributed by atoms with Crippen LogP contribution in [0, 0.1) is 0 Å². The van der Waals surface area contributed by atoms with Crippen molar-refractivity contribution in [1.82, 2.24) is 0 Å². The second-order valence-electron chi connectivity index (χ2n) is 6.19. The van der Waals surface area contributed by atoms with E-state index in [9.17, 15) is 14.1 Å². The third kappa shape index (κ3) is 2.97. The van der Waals surface area contributed by atoms with Gasteiger partial charge in [-0.2, -0.15) is 0 Å². The predicted molar refractivity (Wildman–Crippen MR) is 85.1 cm³/mol. The summed E-state index contributed by atoms with van der Waals surface area (Å²) in [5, 5.41) is 9.50. The van der Waals surface area contributed by atoms with Gasteiger partial charge in [-0.1, -0.05) is 12.5 Å². The van der Waals surface area contributed by atoms with Gasteiger partial charge in [0.15, 0.2) is 0 Å². The second kappa shape index (κ2) is 6.50. The summed E-state index contributed by atoms with van der Waals surface area (Å²) in [7, 11) is 0.406. The molecule has 0 saturated heterocycles. The van der Waals surface area contributed by atoms with Crippen LogP contribution in [0.3, 0.4) is 0 Å². The van der Waals surface area contributed by atoms with Crippen molar-refractivity contribution >= 4 is 16.8 Å². The smallest absolute Gasteiger partial charge is 0.336 e. The quantitative estimate of drug-likeness (QED) is 0.837. The molecule has 3 rings (SSSR count). The first kappa shape index (κ1) is 15.7. The molecule has 5 heteroatoms. The van der Waals surface area contributed by atoms with Gasteiger partial charge in [0, 0.05) is 12.0 Å². The highest BCUT2D eigenvalue weighted by Gasteiger charge is 2.35. The summed E-state index contributed by atoms with van der Waals surface area (Å²) in [6.07, 6.45) is 5.44. The molecule has 1 atom stereocenters. The summed E-state index contributed by atoms with van der Waals surface area (Å²) in [6.45, 7) is 0.429. The molecule has 22 heavy (non-hydrogen) atoms. The lowest BCUT2D eigenvalue weighted by Gasteiger charge is -2.29. The van der Waals surface area contributed by atoms with Crippen LogP contribution in [0.15, 0.2) is 17.0 Å². The highest BCUT2D eigenvalue weighted by molar-refractivity contribution is 7.85. The summed E-state index contributed by atoms with van der Waals surface area (Å²) in [4.78, 5) is 12.4. The minimum Gasteiger partial charge on any atom is -0.478 e. The Kier molecular flexibility index (Phi) is 4.64. The molecule has 2 aliphatic carbocycles. The highest BCUT2D eigenvalue weighted by atomic mass is 32.2. The Morgan fingerprint density at radius 3 is 2.50 bits per heavy atom. The van der Waals surface area contributed by atoms with Gasteiger partial charge in [-0.25, -0.2) is 4.79 Å². The molecule has 0 unspecified atom stereocenters. The van der Waals surface area contributed by atoms with E-state index in [0.29, 0.717) is 23.8 Å². The van der Waals surface area contributed by atoms with Gasteiger partial charge in [0.2, 0.25) is 0 Å². The van der Waals surface area contributed by atoms with E-state index in [4.69, 9.17) is 4.74 Å². The lowest BCUT2D eigenvalue weighted by atomic mass is 9.79. The molecule has 0 amide bonds. The molecule has 1 aromatic rings. The standard InChI is InChI=1S/C17H22O4S/c1-21-9-10-22(20)16-13(11-3-2-4-11)7-8-14(17(18)19)15(16)12-5-6-12/h7-8,11-12H,2-6,9-10H2,1H3,(H,18,19)/t22-/m1/s1. The molecule has 2 saturated carbocycles. The van der Waals surface area contributed by atoms with Crippen LogP contribution in [0.2, 0.25) is 0 Å². The number of rotatable bonds is 7. The van der Waals surface area contributed by atoms with E-state index in [0.717, 1.165) is 41.7 Å². The van der Waals surface area contributed by atoms with Crippen molar-refractivity contribution in [2.24, 2.45) is 0 Å². The van der Waals surface area contributed by atoms with Gasteiger partial charge in [0.1, 0.15) is 0 Å². The number of ether oxygens (including phenoxy) is 1. The van der Waals surface area contributed by atoms with Crippen molar-refractivity contribution in [2.45, 2.75) is 48.8 Å². The number of carboxylic acid groups (broad SMARTS) is 1. The van der Waals surface area contributed by atoms with E-state index in [1.165, 1.54) is 6.42 Å². The van der Waals surface area contributed by atoms with Crippen LogP contribution in [-0.4, -0.2) is 34.8 Å². The Labute approximate surface area is 133 Å². The molecule has 4 nitrogen and oxygen atoms in total. The summed E-state index contributed by atoms with van der Waals surface area (Å²) in [5.41, 5.74) is 2.30. The molecular formula is C17H22O4S. The van der Waals surface area contributed by atoms with Gasteiger partial charge in [0.05, 0.1) is 28.7 Å². The van der Waals surface area contributed by atoms with Crippen molar-refractivity contribution in [3.05, 3.63) is 28.8 Å². The first-order chi connectivity index (χ1) is 10.6. The molecule has 1 aromatic carbocycles. The van der Waals surface area contributed by atoms with Gasteiger partial charge in [-0.3, -0.25) is 4.21 Å². The Morgan fingerprint density at radius 1 is 1.27 bits per heavy atom. The molecule has 120 valence electrons. The van der Waals surface area contributed by atoms with Crippen LogP contribution < -0.4 is 0 Å². The van der Waals surface area contributed by atoms with Crippen molar-refractivity contribution < 1.29 is 18.8 Å². The average Bonchev–Trinajstić information content (AvgIpc) is 3.26. The number of carbonyl (C=O) groups is 1. The van der Waals surface area contributed by atoms with Gasteiger partial charge in [-0.05, 0) is 54.7 Å². The fourth-order valence-corrected chi connectivity index (χ4v) is 4.68. The van der Waals surface area contributed by atoms with Gasteiger partial charge >= 0.3 is 5.97 Å². The van der Waals surface area contributed by atoms with Gasteiger partial charge in [-0.15, -0.1) is 0 Å². The zero-order valence-electron chi connectivity index (χ0n) is 12.8. The van der Waals surface area contributed by atoms with Crippen LogP contribution in [-0.2, 0) is 15.5 Å². The van der Waals surface area contributed by atoms with Gasteiger partial charge in [0.25, 0.3) is 0 Å². The zero-order chi connectivity index (χ0) is 15.7. The molecule has 0 radical (unpaired) electrons.